The lowest BCUT2D eigenvalue weighted by Gasteiger charge is -2.40. The van der Waals surface area contributed by atoms with E-state index < -0.39 is 0 Å². The minimum absolute atomic E-state index is 0.219. The minimum Gasteiger partial charge on any atom is -0.373 e. The average molecular weight is 254 g/mol. The van der Waals surface area contributed by atoms with Crippen LogP contribution in [0.3, 0.4) is 0 Å². The van der Waals surface area contributed by atoms with E-state index in [2.05, 4.69) is 30.8 Å². The summed E-state index contributed by atoms with van der Waals surface area (Å²) in [5.41, 5.74) is 0.219. The van der Waals surface area contributed by atoms with Gasteiger partial charge in [0.25, 0.3) is 0 Å². The molecular formula is C15H30N2O. The van der Waals surface area contributed by atoms with Crippen molar-refractivity contribution in [3.63, 3.8) is 0 Å². The Hall–Kier alpha value is -0.120. The third-order valence-electron chi connectivity index (χ3n) is 4.56. The molecule has 0 bridgehead atoms. The van der Waals surface area contributed by atoms with Crippen molar-refractivity contribution < 1.29 is 4.74 Å². The van der Waals surface area contributed by atoms with Gasteiger partial charge in [-0.25, -0.2) is 0 Å². The Labute approximate surface area is 112 Å². The van der Waals surface area contributed by atoms with Gasteiger partial charge in [-0.2, -0.15) is 0 Å². The van der Waals surface area contributed by atoms with Crippen molar-refractivity contribution in [2.24, 2.45) is 5.92 Å². The van der Waals surface area contributed by atoms with E-state index in [-0.39, 0.29) is 5.60 Å². The molecule has 1 spiro atoms. The van der Waals surface area contributed by atoms with Crippen molar-refractivity contribution in [3.8, 4) is 0 Å². The van der Waals surface area contributed by atoms with Crippen LogP contribution >= 0.6 is 0 Å². The van der Waals surface area contributed by atoms with Crippen LogP contribution in [0.5, 0.6) is 0 Å². The second kappa shape index (κ2) is 6.36. The first-order valence-electron chi connectivity index (χ1n) is 7.64. The molecule has 0 aliphatic carbocycles. The van der Waals surface area contributed by atoms with E-state index in [4.69, 9.17) is 4.74 Å². The van der Waals surface area contributed by atoms with Gasteiger partial charge < -0.3 is 14.5 Å². The zero-order valence-electron chi connectivity index (χ0n) is 12.5. The molecule has 2 aliphatic heterocycles. The molecule has 0 aromatic carbocycles. The minimum atomic E-state index is 0.219. The number of piperidine rings is 1. The smallest absolute Gasteiger partial charge is 0.0812 e. The number of ether oxygens (including phenoxy) is 1. The van der Waals surface area contributed by atoms with Crippen molar-refractivity contribution in [1.82, 2.24) is 9.80 Å². The van der Waals surface area contributed by atoms with Crippen molar-refractivity contribution in [2.45, 2.75) is 44.6 Å². The van der Waals surface area contributed by atoms with Crippen LogP contribution in [0.1, 0.15) is 39.0 Å². The summed E-state index contributed by atoms with van der Waals surface area (Å²) in [5, 5.41) is 0. The fraction of sp³-hybridized carbons (Fsp3) is 1.00. The van der Waals surface area contributed by atoms with Crippen LogP contribution in [-0.2, 0) is 4.74 Å². The summed E-state index contributed by atoms with van der Waals surface area (Å²) in [7, 11) is 4.31. The highest BCUT2D eigenvalue weighted by molar-refractivity contribution is 4.94. The van der Waals surface area contributed by atoms with Gasteiger partial charge in [0, 0.05) is 6.54 Å². The Morgan fingerprint density at radius 3 is 2.89 bits per heavy atom. The molecule has 2 aliphatic rings. The molecule has 106 valence electrons. The lowest BCUT2D eigenvalue weighted by Crippen LogP contribution is -2.48. The average Bonchev–Trinajstić information content (AvgIpc) is 2.72. The molecule has 2 heterocycles. The summed E-state index contributed by atoms with van der Waals surface area (Å²) < 4.78 is 6.19. The van der Waals surface area contributed by atoms with E-state index in [1.165, 1.54) is 58.3 Å². The summed E-state index contributed by atoms with van der Waals surface area (Å²) in [6.07, 6.45) is 6.46. The molecule has 2 fully saturated rings. The van der Waals surface area contributed by atoms with Crippen molar-refractivity contribution >= 4 is 0 Å². The quantitative estimate of drug-likeness (QED) is 0.748. The molecule has 0 aromatic heterocycles. The van der Waals surface area contributed by atoms with Gasteiger partial charge in [0.1, 0.15) is 0 Å². The topological polar surface area (TPSA) is 15.7 Å². The highest BCUT2D eigenvalue weighted by Gasteiger charge is 2.42. The molecule has 0 saturated carbocycles. The Morgan fingerprint density at radius 2 is 2.22 bits per heavy atom. The van der Waals surface area contributed by atoms with E-state index in [1.54, 1.807) is 0 Å². The number of likely N-dealkylation sites (tertiary alicyclic amines) is 1. The van der Waals surface area contributed by atoms with E-state index >= 15 is 0 Å². The predicted octanol–water partition coefficient (Wildman–Crippen LogP) is 2.22. The number of hydrogen-bond acceptors (Lipinski definition) is 3. The summed E-state index contributed by atoms with van der Waals surface area (Å²) in [6, 6.07) is 0. The number of rotatable bonds is 5. The van der Waals surface area contributed by atoms with Crippen LogP contribution in [0.25, 0.3) is 0 Å². The van der Waals surface area contributed by atoms with Crippen LogP contribution < -0.4 is 0 Å². The first-order valence-corrected chi connectivity index (χ1v) is 7.64. The van der Waals surface area contributed by atoms with Gasteiger partial charge in [-0.3, -0.25) is 0 Å². The lowest BCUT2D eigenvalue weighted by atomic mass is 9.86. The molecule has 3 nitrogen and oxygen atoms in total. The van der Waals surface area contributed by atoms with Gasteiger partial charge >= 0.3 is 0 Å². The second-order valence-electron chi connectivity index (χ2n) is 6.51. The maximum absolute atomic E-state index is 6.19. The van der Waals surface area contributed by atoms with Crippen molar-refractivity contribution in [1.29, 1.82) is 0 Å². The van der Waals surface area contributed by atoms with Gasteiger partial charge in [0.15, 0.2) is 0 Å². The predicted molar refractivity (Wildman–Crippen MR) is 75.9 cm³/mol. The van der Waals surface area contributed by atoms with Crippen molar-refractivity contribution in [3.05, 3.63) is 0 Å². The summed E-state index contributed by atoms with van der Waals surface area (Å²) in [6.45, 7) is 8.18. The van der Waals surface area contributed by atoms with Crippen LogP contribution in [0, 0.1) is 5.92 Å². The van der Waals surface area contributed by atoms with Crippen LogP contribution in [0.15, 0.2) is 0 Å². The van der Waals surface area contributed by atoms with E-state index in [0.717, 1.165) is 12.5 Å². The molecule has 0 amide bonds. The van der Waals surface area contributed by atoms with E-state index in [1.807, 2.05) is 0 Å². The zero-order valence-corrected chi connectivity index (χ0v) is 12.5. The number of nitrogens with zero attached hydrogens (tertiary/aromatic N) is 2. The van der Waals surface area contributed by atoms with Crippen LogP contribution in [0.4, 0.5) is 0 Å². The summed E-state index contributed by atoms with van der Waals surface area (Å²) >= 11 is 0. The standard InChI is InChI=1S/C15H30N2O/c1-4-14-11-15(18-12-14)7-5-9-17(13-15)10-6-8-16(2)3/h14H,4-13H2,1-3H3/t14-,15+/m0/s1. The lowest BCUT2D eigenvalue weighted by molar-refractivity contribution is -0.0518. The van der Waals surface area contributed by atoms with Crippen LogP contribution in [-0.4, -0.2) is 62.3 Å². The van der Waals surface area contributed by atoms with Crippen LogP contribution in [0.2, 0.25) is 0 Å². The van der Waals surface area contributed by atoms with Gasteiger partial charge in [0.2, 0.25) is 0 Å². The van der Waals surface area contributed by atoms with Gasteiger partial charge in [0.05, 0.1) is 12.2 Å². The molecule has 3 heteroatoms. The molecule has 2 saturated heterocycles. The normalized spacial score (nSPS) is 33.7. The Balaban J connectivity index is 1.78. The van der Waals surface area contributed by atoms with Gasteiger partial charge in [-0.1, -0.05) is 13.3 Å². The highest BCUT2D eigenvalue weighted by Crippen LogP contribution is 2.38. The molecule has 2 rings (SSSR count). The molecule has 0 aromatic rings. The second-order valence-corrected chi connectivity index (χ2v) is 6.51. The fourth-order valence-electron chi connectivity index (χ4n) is 3.48. The monoisotopic (exact) mass is 254 g/mol. The van der Waals surface area contributed by atoms with Crippen molar-refractivity contribution in [2.75, 3.05) is 46.9 Å². The van der Waals surface area contributed by atoms with Gasteiger partial charge in [-0.15, -0.1) is 0 Å². The molecule has 0 unspecified atom stereocenters. The third-order valence-corrected chi connectivity index (χ3v) is 4.56. The largest absolute Gasteiger partial charge is 0.373 e. The Bertz CT molecular complexity index is 257. The summed E-state index contributed by atoms with van der Waals surface area (Å²) in [5.74, 6) is 0.812. The molecule has 0 radical (unpaired) electrons. The van der Waals surface area contributed by atoms with Gasteiger partial charge in [-0.05, 0) is 65.3 Å². The summed E-state index contributed by atoms with van der Waals surface area (Å²) in [4.78, 5) is 4.91. The third kappa shape index (κ3) is 3.69. The molecule has 0 N–H and O–H groups in total. The zero-order chi connectivity index (χ0) is 13.0. The van der Waals surface area contributed by atoms with E-state index in [9.17, 15) is 0 Å². The Kier molecular flexibility index (Phi) is 5.05. The first-order chi connectivity index (χ1) is 8.63. The molecule has 18 heavy (non-hydrogen) atoms. The Morgan fingerprint density at radius 1 is 1.39 bits per heavy atom. The fourth-order valence-corrected chi connectivity index (χ4v) is 3.48. The SMILES string of the molecule is CC[C@@H]1CO[C@]2(CCCN(CCCN(C)C)C2)C1. The molecule has 2 atom stereocenters. The highest BCUT2D eigenvalue weighted by atomic mass is 16.5. The maximum Gasteiger partial charge on any atom is 0.0812 e. The molecular weight excluding hydrogens is 224 g/mol. The maximum atomic E-state index is 6.19. The van der Waals surface area contributed by atoms with E-state index in [0.29, 0.717) is 0 Å². The number of hydrogen-bond donors (Lipinski definition) is 0. The first kappa shape index (κ1) is 14.3.